The number of allylic oxidation sites excluding steroid dienone is 1. The highest BCUT2D eigenvalue weighted by atomic mass is 19.2. The maximum absolute atomic E-state index is 15.3. The number of benzene rings is 3. The van der Waals surface area contributed by atoms with Crippen LogP contribution in [-0.4, -0.2) is 0 Å². The largest absolute Gasteiger partial charge is 0.207 e. The second-order valence-corrected chi connectivity index (χ2v) is 12.2. The van der Waals surface area contributed by atoms with Crippen LogP contribution in [0.4, 0.5) is 13.2 Å². The van der Waals surface area contributed by atoms with Crippen LogP contribution in [-0.2, 0) is 6.42 Å². The molecule has 2 aliphatic carbocycles. The Labute approximate surface area is 238 Å². The second-order valence-electron chi connectivity index (χ2n) is 12.2. The van der Waals surface area contributed by atoms with Gasteiger partial charge in [0.05, 0.1) is 0 Å². The molecule has 0 radical (unpaired) electrons. The number of hydrogen-bond donors (Lipinski definition) is 0. The molecule has 2 saturated carbocycles. The highest BCUT2D eigenvalue weighted by molar-refractivity contribution is 5.71. The summed E-state index contributed by atoms with van der Waals surface area (Å²) >= 11 is 0. The highest BCUT2D eigenvalue weighted by Gasteiger charge is 2.31. The molecule has 212 valence electrons. The molecule has 2 aliphatic rings. The van der Waals surface area contributed by atoms with E-state index in [4.69, 9.17) is 0 Å². The minimum Gasteiger partial charge on any atom is -0.207 e. The zero-order valence-corrected chi connectivity index (χ0v) is 23.9. The van der Waals surface area contributed by atoms with Gasteiger partial charge >= 0.3 is 0 Å². The Morgan fingerprint density at radius 1 is 0.700 bits per heavy atom. The normalized spacial score (nSPS) is 23.2. The molecule has 0 nitrogen and oxygen atoms in total. The first-order chi connectivity index (χ1) is 19.5. The molecule has 0 atom stereocenters. The summed E-state index contributed by atoms with van der Waals surface area (Å²) < 4.78 is 44.9. The summed E-state index contributed by atoms with van der Waals surface area (Å²) in [6.45, 7) is 6.06. The van der Waals surface area contributed by atoms with Gasteiger partial charge in [-0.2, -0.15) is 0 Å². The predicted molar refractivity (Wildman–Crippen MR) is 161 cm³/mol. The zero-order chi connectivity index (χ0) is 28.1. The molecule has 2 fully saturated rings. The molecule has 3 aromatic carbocycles. The Balaban J connectivity index is 1.22. The van der Waals surface area contributed by atoms with Crippen molar-refractivity contribution in [3.63, 3.8) is 0 Å². The average Bonchev–Trinajstić information content (AvgIpc) is 3.00. The van der Waals surface area contributed by atoms with Crippen molar-refractivity contribution in [2.75, 3.05) is 0 Å². The lowest BCUT2D eigenvalue weighted by molar-refractivity contribution is 0.171. The Hall–Kier alpha value is -2.81. The fraction of sp³-hybridized carbons (Fsp3) is 0.459. The van der Waals surface area contributed by atoms with E-state index in [1.54, 1.807) is 30.3 Å². The van der Waals surface area contributed by atoms with Crippen molar-refractivity contribution in [3.8, 4) is 22.3 Å². The van der Waals surface area contributed by atoms with Gasteiger partial charge in [-0.25, -0.2) is 13.2 Å². The van der Waals surface area contributed by atoms with E-state index in [1.165, 1.54) is 38.5 Å². The number of halogens is 3. The van der Waals surface area contributed by atoms with Gasteiger partial charge in [-0.15, -0.1) is 6.58 Å². The van der Waals surface area contributed by atoms with Crippen LogP contribution < -0.4 is 0 Å². The Morgan fingerprint density at radius 2 is 1.32 bits per heavy atom. The molecule has 3 aromatic rings. The third-order valence-corrected chi connectivity index (χ3v) is 9.77. The molecule has 0 aliphatic heterocycles. The predicted octanol–water partition coefficient (Wildman–Crippen LogP) is 11.4. The van der Waals surface area contributed by atoms with E-state index in [0.717, 1.165) is 60.6 Å². The zero-order valence-electron chi connectivity index (χ0n) is 23.9. The van der Waals surface area contributed by atoms with Gasteiger partial charge in [0.15, 0.2) is 11.6 Å². The summed E-state index contributed by atoms with van der Waals surface area (Å²) in [6.07, 6.45) is 15.3. The van der Waals surface area contributed by atoms with Crippen LogP contribution in [0.1, 0.15) is 94.6 Å². The number of rotatable bonds is 9. The Morgan fingerprint density at radius 3 is 1.95 bits per heavy atom. The van der Waals surface area contributed by atoms with Gasteiger partial charge in [0.2, 0.25) is 0 Å². The smallest absolute Gasteiger partial charge is 0.166 e. The monoisotopic (exact) mass is 544 g/mol. The van der Waals surface area contributed by atoms with E-state index in [9.17, 15) is 8.78 Å². The maximum atomic E-state index is 15.3. The van der Waals surface area contributed by atoms with Crippen molar-refractivity contribution >= 4 is 0 Å². The third-order valence-electron chi connectivity index (χ3n) is 9.77. The molecule has 0 heterocycles. The summed E-state index contributed by atoms with van der Waals surface area (Å²) in [5.74, 6) is 0.941. The molecule has 3 heteroatoms. The lowest BCUT2D eigenvalue weighted by atomic mass is 9.68. The van der Waals surface area contributed by atoms with Crippen LogP contribution in [0.3, 0.4) is 0 Å². The van der Waals surface area contributed by atoms with Gasteiger partial charge in [0, 0.05) is 5.56 Å². The van der Waals surface area contributed by atoms with Crippen LogP contribution in [0.15, 0.2) is 67.3 Å². The Kier molecular flexibility index (Phi) is 9.50. The molecule has 0 saturated heterocycles. The van der Waals surface area contributed by atoms with Crippen molar-refractivity contribution in [2.45, 2.75) is 89.9 Å². The molecule has 0 aromatic heterocycles. The van der Waals surface area contributed by atoms with Gasteiger partial charge in [-0.1, -0.05) is 74.4 Å². The highest BCUT2D eigenvalue weighted by Crippen LogP contribution is 2.44. The van der Waals surface area contributed by atoms with Crippen molar-refractivity contribution in [1.82, 2.24) is 0 Å². The minimum atomic E-state index is -0.795. The number of hydrogen-bond acceptors (Lipinski definition) is 0. The standard InChI is InChI=1S/C37H43F3/c1-3-5-6-7-31-20-23-34(37(40)36(31)39)30-18-14-28(15-19-30)32-21-22-33(35(38)24-32)29-16-12-27(13-17-29)26-10-8-25(4-2)9-11-26/h4,14-15,18-27,29H,2-3,5-13,16-17H2,1H3. The fourth-order valence-electron chi connectivity index (χ4n) is 7.20. The van der Waals surface area contributed by atoms with Crippen LogP contribution in [0.2, 0.25) is 0 Å². The molecular formula is C37H43F3. The summed E-state index contributed by atoms with van der Waals surface area (Å²) in [7, 11) is 0. The minimum absolute atomic E-state index is 0.136. The molecule has 0 unspecified atom stereocenters. The van der Waals surface area contributed by atoms with Crippen molar-refractivity contribution in [2.24, 2.45) is 17.8 Å². The molecule has 40 heavy (non-hydrogen) atoms. The van der Waals surface area contributed by atoms with E-state index < -0.39 is 11.6 Å². The van der Waals surface area contributed by atoms with Crippen LogP contribution in [0.5, 0.6) is 0 Å². The second kappa shape index (κ2) is 13.2. The van der Waals surface area contributed by atoms with Crippen molar-refractivity contribution in [1.29, 1.82) is 0 Å². The van der Waals surface area contributed by atoms with Gasteiger partial charge in [-0.05, 0) is 122 Å². The van der Waals surface area contributed by atoms with Crippen LogP contribution in [0.25, 0.3) is 22.3 Å². The van der Waals surface area contributed by atoms with Crippen LogP contribution >= 0.6 is 0 Å². The summed E-state index contributed by atoms with van der Waals surface area (Å²) in [5, 5.41) is 0. The summed E-state index contributed by atoms with van der Waals surface area (Å²) in [5.41, 5.74) is 3.82. The lowest BCUT2D eigenvalue weighted by Crippen LogP contribution is -2.25. The van der Waals surface area contributed by atoms with Gasteiger partial charge in [0.1, 0.15) is 5.82 Å². The molecule has 0 N–H and O–H groups in total. The maximum Gasteiger partial charge on any atom is 0.166 e. The molecule has 0 amide bonds. The van der Waals surface area contributed by atoms with Gasteiger partial charge in [0.25, 0.3) is 0 Å². The van der Waals surface area contributed by atoms with Crippen LogP contribution in [0, 0.1) is 35.2 Å². The average molecular weight is 545 g/mol. The first-order valence-electron chi connectivity index (χ1n) is 15.5. The van der Waals surface area contributed by atoms with E-state index in [1.807, 2.05) is 24.3 Å². The summed E-state index contributed by atoms with van der Waals surface area (Å²) in [4.78, 5) is 0. The van der Waals surface area contributed by atoms with Crippen molar-refractivity contribution < 1.29 is 13.2 Å². The number of unbranched alkanes of at least 4 members (excludes halogenated alkanes) is 2. The molecule has 5 rings (SSSR count). The third kappa shape index (κ3) is 6.40. The SMILES string of the molecule is C=CC1CCC(C2CCC(c3ccc(-c4ccc(-c5ccc(CCCCC)c(F)c5F)cc4)cc3F)CC2)CC1. The quantitative estimate of drug-likeness (QED) is 0.186. The van der Waals surface area contributed by atoms with E-state index in [2.05, 4.69) is 19.6 Å². The fourth-order valence-corrected chi connectivity index (χ4v) is 7.20. The lowest BCUT2D eigenvalue weighted by Gasteiger charge is -2.37. The van der Waals surface area contributed by atoms with Gasteiger partial charge < -0.3 is 0 Å². The topological polar surface area (TPSA) is 0 Å². The first-order valence-corrected chi connectivity index (χ1v) is 15.5. The molecule has 0 bridgehead atoms. The van der Waals surface area contributed by atoms with E-state index in [-0.39, 0.29) is 11.4 Å². The van der Waals surface area contributed by atoms with E-state index in [0.29, 0.717) is 29.4 Å². The number of aryl methyl sites for hydroxylation is 1. The molecular weight excluding hydrogens is 501 g/mol. The summed E-state index contributed by atoms with van der Waals surface area (Å²) in [6, 6.07) is 16.3. The van der Waals surface area contributed by atoms with Crippen molar-refractivity contribution in [3.05, 3.63) is 95.8 Å². The first kappa shape index (κ1) is 28.7. The molecule has 0 spiro atoms. The van der Waals surface area contributed by atoms with E-state index >= 15 is 4.39 Å². The Bertz CT molecular complexity index is 1280. The van der Waals surface area contributed by atoms with Gasteiger partial charge in [-0.3, -0.25) is 0 Å².